The molecule has 1 aromatic rings. The number of nitrogens with zero attached hydrogens (tertiary/aromatic N) is 3. The zero-order valence-corrected chi connectivity index (χ0v) is 10.4. The molecule has 2 unspecified atom stereocenters. The summed E-state index contributed by atoms with van der Waals surface area (Å²) in [4.78, 5) is 14.3. The minimum Gasteiger partial charge on any atom is -0.374 e. The van der Waals surface area contributed by atoms with Crippen LogP contribution in [0.3, 0.4) is 0 Å². The minimum absolute atomic E-state index is 0.0239. The topological polar surface area (TPSA) is 72.1 Å². The smallest absolute Gasteiger partial charge is 0.285 e. The number of nitrogen functional groups attached to an aromatic ring is 1. The van der Waals surface area contributed by atoms with Gasteiger partial charge < -0.3 is 10.6 Å². The minimum atomic E-state index is 0.0239. The van der Waals surface area contributed by atoms with E-state index in [4.69, 9.17) is 5.73 Å². The maximum atomic E-state index is 12.3. The van der Waals surface area contributed by atoms with Gasteiger partial charge in [0.15, 0.2) is 0 Å². The molecule has 1 saturated heterocycles. The number of carbonyl (C=O) groups is 1. The lowest BCUT2D eigenvalue weighted by Gasteiger charge is -2.37. The Balaban J connectivity index is 1.81. The Morgan fingerprint density at radius 1 is 1.29 bits per heavy atom. The van der Waals surface area contributed by atoms with Gasteiger partial charge in [-0.1, -0.05) is 17.8 Å². The lowest BCUT2D eigenvalue weighted by Crippen LogP contribution is -2.46. The first kappa shape index (κ1) is 11.0. The largest absolute Gasteiger partial charge is 0.374 e. The number of amides is 1. The van der Waals surface area contributed by atoms with Crippen LogP contribution in [0.4, 0.5) is 5.13 Å². The molecule has 0 aromatic carbocycles. The van der Waals surface area contributed by atoms with Gasteiger partial charge in [-0.2, -0.15) is 0 Å². The molecule has 3 rings (SSSR count). The van der Waals surface area contributed by atoms with E-state index in [0.29, 0.717) is 22.1 Å². The number of hydrogen-bond acceptors (Lipinski definition) is 5. The Morgan fingerprint density at radius 3 is 2.88 bits per heavy atom. The summed E-state index contributed by atoms with van der Waals surface area (Å²) in [5, 5.41) is 8.38. The Morgan fingerprint density at radius 2 is 2.12 bits per heavy atom. The maximum Gasteiger partial charge on any atom is 0.285 e. The van der Waals surface area contributed by atoms with Gasteiger partial charge in [-0.3, -0.25) is 4.79 Å². The van der Waals surface area contributed by atoms with E-state index in [1.165, 1.54) is 30.6 Å². The van der Waals surface area contributed by atoms with Crippen LogP contribution in [-0.2, 0) is 0 Å². The molecule has 0 spiro atoms. The molecule has 1 amide bonds. The lowest BCUT2D eigenvalue weighted by molar-refractivity contribution is 0.0547. The highest BCUT2D eigenvalue weighted by Crippen LogP contribution is 2.37. The first-order valence-electron chi connectivity index (χ1n) is 6.15. The molecule has 2 N–H and O–H groups in total. The van der Waals surface area contributed by atoms with Gasteiger partial charge in [0.2, 0.25) is 10.1 Å². The number of nitrogens with two attached hydrogens (primary N) is 1. The standard InChI is InChI=1S/C11H16N4OS/c12-11-14-13-9(17-11)10(16)15-6-2-4-7-3-1-5-8(7)15/h7-8H,1-6H2,(H2,12,14). The molecule has 6 heteroatoms. The monoisotopic (exact) mass is 252 g/mol. The summed E-state index contributed by atoms with van der Waals surface area (Å²) in [5.74, 6) is 0.730. The van der Waals surface area contributed by atoms with Crippen LogP contribution in [0.15, 0.2) is 0 Å². The summed E-state index contributed by atoms with van der Waals surface area (Å²) < 4.78 is 0. The van der Waals surface area contributed by atoms with Crippen molar-refractivity contribution in [2.75, 3.05) is 12.3 Å². The van der Waals surface area contributed by atoms with Crippen molar-refractivity contribution in [1.82, 2.24) is 15.1 Å². The number of fused-ring (bicyclic) bond motifs is 1. The van der Waals surface area contributed by atoms with Gasteiger partial charge in [0.05, 0.1) is 0 Å². The van der Waals surface area contributed by atoms with E-state index >= 15 is 0 Å². The van der Waals surface area contributed by atoms with E-state index in [9.17, 15) is 4.79 Å². The molecule has 17 heavy (non-hydrogen) atoms. The van der Waals surface area contributed by atoms with Crippen LogP contribution in [0, 0.1) is 5.92 Å². The molecule has 92 valence electrons. The number of aromatic nitrogens is 2. The first-order valence-corrected chi connectivity index (χ1v) is 6.97. The third-order valence-electron chi connectivity index (χ3n) is 3.88. The molecule has 1 saturated carbocycles. The molecule has 0 bridgehead atoms. The van der Waals surface area contributed by atoms with Gasteiger partial charge in [0.1, 0.15) is 0 Å². The average molecular weight is 252 g/mol. The molecule has 2 atom stereocenters. The normalized spacial score (nSPS) is 28.1. The fraction of sp³-hybridized carbons (Fsp3) is 0.727. The van der Waals surface area contributed by atoms with Gasteiger partial charge in [-0.25, -0.2) is 0 Å². The van der Waals surface area contributed by atoms with Crippen molar-refractivity contribution in [2.24, 2.45) is 5.92 Å². The first-order chi connectivity index (χ1) is 8.25. The number of rotatable bonds is 1. The van der Waals surface area contributed by atoms with E-state index in [2.05, 4.69) is 10.2 Å². The second kappa shape index (κ2) is 4.25. The van der Waals surface area contributed by atoms with Gasteiger partial charge in [0, 0.05) is 12.6 Å². The fourth-order valence-electron chi connectivity index (χ4n) is 3.15. The summed E-state index contributed by atoms with van der Waals surface area (Å²) in [6.45, 7) is 0.861. The van der Waals surface area contributed by atoms with Gasteiger partial charge >= 0.3 is 0 Å². The highest BCUT2D eigenvalue weighted by atomic mass is 32.1. The third-order valence-corrected chi connectivity index (χ3v) is 4.62. The summed E-state index contributed by atoms with van der Waals surface area (Å²) in [5.41, 5.74) is 5.53. The van der Waals surface area contributed by atoms with Crippen molar-refractivity contribution < 1.29 is 4.79 Å². The number of carbonyl (C=O) groups excluding carboxylic acids is 1. The van der Waals surface area contributed by atoms with Crippen molar-refractivity contribution in [3.05, 3.63) is 5.01 Å². The summed E-state index contributed by atoms with van der Waals surface area (Å²) in [6, 6.07) is 0.432. The molecule has 5 nitrogen and oxygen atoms in total. The molecule has 1 aromatic heterocycles. The van der Waals surface area contributed by atoms with Crippen molar-refractivity contribution in [1.29, 1.82) is 0 Å². The van der Waals surface area contributed by atoms with E-state index in [-0.39, 0.29) is 5.91 Å². The van der Waals surface area contributed by atoms with Gasteiger partial charge in [-0.15, -0.1) is 10.2 Å². The zero-order chi connectivity index (χ0) is 11.8. The summed E-state index contributed by atoms with van der Waals surface area (Å²) in [7, 11) is 0. The maximum absolute atomic E-state index is 12.3. The van der Waals surface area contributed by atoms with Crippen LogP contribution in [0.1, 0.15) is 41.9 Å². The molecular weight excluding hydrogens is 236 g/mol. The second-order valence-electron chi connectivity index (χ2n) is 4.84. The van der Waals surface area contributed by atoms with Crippen LogP contribution in [0.5, 0.6) is 0 Å². The summed E-state index contributed by atoms with van der Waals surface area (Å²) in [6.07, 6.45) is 6.04. The number of anilines is 1. The van der Waals surface area contributed by atoms with E-state index in [1.54, 1.807) is 0 Å². The molecule has 0 radical (unpaired) electrons. The van der Waals surface area contributed by atoms with Crippen LogP contribution in [0.25, 0.3) is 0 Å². The fourth-order valence-corrected chi connectivity index (χ4v) is 3.72. The Hall–Kier alpha value is -1.17. The Labute approximate surface area is 104 Å². The average Bonchev–Trinajstić information content (AvgIpc) is 2.95. The van der Waals surface area contributed by atoms with Gasteiger partial charge in [-0.05, 0) is 31.6 Å². The Bertz CT molecular complexity index is 433. The SMILES string of the molecule is Nc1nnc(C(=O)N2CCCC3CCCC32)s1. The zero-order valence-electron chi connectivity index (χ0n) is 9.63. The van der Waals surface area contributed by atoms with Crippen molar-refractivity contribution in [2.45, 2.75) is 38.1 Å². The van der Waals surface area contributed by atoms with E-state index in [1.807, 2.05) is 4.90 Å². The van der Waals surface area contributed by atoms with Crippen molar-refractivity contribution in [3.8, 4) is 0 Å². The molecule has 2 fully saturated rings. The van der Waals surface area contributed by atoms with E-state index < -0.39 is 0 Å². The molecule has 1 aliphatic carbocycles. The number of likely N-dealkylation sites (tertiary alicyclic amines) is 1. The molecular formula is C11H16N4OS. The number of piperidine rings is 1. The van der Waals surface area contributed by atoms with Gasteiger partial charge in [0.25, 0.3) is 5.91 Å². The van der Waals surface area contributed by atoms with Crippen molar-refractivity contribution in [3.63, 3.8) is 0 Å². The lowest BCUT2D eigenvalue weighted by atomic mass is 9.92. The predicted octanol–water partition coefficient (Wildman–Crippen LogP) is 1.52. The second-order valence-corrected chi connectivity index (χ2v) is 5.85. The van der Waals surface area contributed by atoms with Crippen LogP contribution in [-0.4, -0.2) is 33.6 Å². The molecule has 1 aliphatic heterocycles. The van der Waals surface area contributed by atoms with Crippen LogP contribution in [0.2, 0.25) is 0 Å². The molecule has 2 heterocycles. The Kier molecular flexibility index (Phi) is 2.74. The highest BCUT2D eigenvalue weighted by molar-refractivity contribution is 7.16. The third kappa shape index (κ3) is 1.90. The quantitative estimate of drug-likeness (QED) is 0.822. The molecule has 2 aliphatic rings. The van der Waals surface area contributed by atoms with Crippen molar-refractivity contribution >= 4 is 22.4 Å². The highest BCUT2D eigenvalue weighted by Gasteiger charge is 2.38. The number of hydrogen-bond donors (Lipinski definition) is 1. The van der Waals surface area contributed by atoms with Crippen LogP contribution < -0.4 is 5.73 Å². The predicted molar refractivity (Wildman–Crippen MR) is 65.7 cm³/mol. The van der Waals surface area contributed by atoms with Crippen LogP contribution >= 0.6 is 11.3 Å². The van der Waals surface area contributed by atoms with E-state index in [0.717, 1.165) is 19.4 Å². The summed E-state index contributed by atoms with van der Waals surface area (Å²) >= 11 is 1.19.